The van der Waals surface area contributed by atoms with Crippen molar-refractivity contribution >= 4 is 54.6 Å². The fourth-order valence-corrected chi connectivity index (χ4v) is 3.79. The Kier molecular flexibility index (Phi) is 4.31. The van der Waals surface area contributed by atoms with Crippen molar-refractivity contribution in [2.45, 2.75) is 6.92 Å². The Morgan fingerprint density at radius 3 is 2.29 bits per heavy atom. The Morgan fingerprint density at radius 1 is 0.893 bits per heavy atom. The number of sulfonamides is 1. The van der Waals surface area contributed by atoms with E-state index in [0.29, 0.717) is 11.4 Å². The Hall–Kier alpha value is -3.32. The fraction of sp³-hybridized carbons (Fsp3) is 0.0952. The monoisotopic (exact) mass is 392 g/mol. The number of para-hydroxylation sites is 1. The van der Waals surface area contributed by atoms with Crippen LogP contribution in [-0.4, -0.2) is 19.7 Å². The third-order valence-corrected chi connectivity index (χ3v) is 5.21. The third-order valence-electron chi connectivity index (χ3n) is 4.61. The maximum absolute atomic E-state index is 11.4. The second kappa shape index (κ2) is 6.69. The number of pyridine rings is 1. The van der Waals surface area contributed by atoms with Gasteiger partial charge in [-0.05, 0) is 55.0 Å². The molecular formula is C21H20N4O2S. The molecule has 0 aliphatic carbocycles. The van der Waals surface area contributed by atoms with Crippen molar-refractivity contribution < 1.29 is 8.42 Å². The molecule has 7 heteroatoms. The van der Waals surface area contributed by atoms with Gasteiger partial charge in [0.2, 0.25) is 10.0 Å². The first-order chi connectivity index (χ1) is 13.3. The zero-order valence-corrected chi connectivity index (χ0v) is 16.3. The zero-order valence-electron chi connectivity index (χ0n) is 15.5. The molecule has 0 unspecified atom stereocenters. The van der Waals surface area contributed by atoms with Gasteiger partial charge in [0.25, 0.3) is 0 Å². The van der Waals surface area contributed by atoms with E-state index in [2.05, 4.69) is 10.0 Å². The minimum Gasteiger partial charge on any atom is -0.398 e. The van der Waals surface area contributed by atoms with E-state index < -0.39 is 10.0 Å². The van der Waals surface area contributed by atoms with E-state index in [1.807, 2.05) is 55.5 Å². The summed E-state index contributed by atoms with van der Waals surface area (Å²) in [5.41, 5.74) is 11.8. The first kappa shape index (κ1) is 18.1. The summed E-state index contributed by atoms with van der Waals surface area (Å²) in [6.45, 7) is 1.97. The molecule has 1 heterocycles. The Labute approximate surface area is 163 Å². The molecule has 0 atom stereocenters. The summed E-state index contributed by atoms with van der Waals surface area (Å²) in [6.07, 6.45) is 1.13. The predicted octanol–water partition coefficient (Wildman–Crippen LogP) is 4.39. The van der Waals surface area contributed by atoms with E-state index in [9.17, 15) is 8.42 Å². The molecule has 0 saturated carbocycles. The van der Waals surface area contributed by atoms with Gasteiger partial charge in [-0.1, -0.05) is 18.2 Å². The van der Waals surface area contributed by atoms with Gasteiger partial charge in [-0.15, -0.1) is 0 Å². The number of aromatic nitrogens is 1. The lowest BCUT2D eigenvalue weighted by Gasteiger charge is -2.15. The first-order valence-electron chi connectivity index (χ1n) is 8.74. The smallest absolute Gasteiger partial charge is 0.229 e. The van der Waals surface area contributed by atoms with Crippen molar-refractivity contribution in [3.63, 3.8) is 0 Å². The average Bonchev–Trinajstić information content (AvgIpc) is 2.65. The quantitative estimate of drug-likeness (QED) is 0.353. The van der Waals surface area contributed by atoms with Crippen LogP contribution >= 0.6 is 0 Å². The number of hydrogen-bond donors (Lipinski definition) is 3. The second-order valence-electron chi connectivity index (χ2n) is 6.76. The molecule has 0 saturated heterocycles. The predicted molar refractivity (Wildman–Crippen MR) is 117 cm³/mol. The minimum atomic E-state index is -3.31. The number of fused-ring (bicyclic) bond motifs is 2. The SMILES string of the molecule is Cc1c(N)ccc2c(Nc3ccc(NS(C)(=O)=O)cc3)c3ccccc3nc12. The maximum Gasteiger partial charge on any atom is 0.229 e. The summed E-state index contributed by atoms with van der Waals surface area (Å²) in [5, 5.41) is 5.44. The number of rotatable bonds is 4. The summed E-state index contributed by atoms with van der Waals surface area (Å²) >= 11 is 0. The number of hydrogen-bond acceptors (Lipinski definition) is 5. The average molecular weight is 392 g/mol. The van der Waals surface area contributed by atoms with Crippen LogP contribution in [0.3, 0.4) is 0 Å². The van der Waals surface area contributed by atoms with Crippen LogP contribution < -0.4 is 15.8 Å². The molecule has 142 valence electrons. The van der Waals surface area contributed by atoms with Gasteiger partial charge in [-0.25, -0.2) is 13.4 Å². The molecule has 0 amide bonds. The van der Waals surface area contributed by atoms with Crippen molar-refractivity contribution in [3.05, 3.63) is 66.2 Å². The standard InChI is InChI=1S/C21H20N4O2S/c1-13-18(22)12-11-17-20(13)24-19-6-4-3-5-16(19)21(17)23-14-7-9-15(10-8-14)25-28(2,26)27/h3-12,25H,22H2,1-2H3,(H,23,24). The molecule has 6 nitrogen and oxygen atoms in total. The summed E-state index contributed by atoms with van der Waals surface area (Å²) in [5.74, 6) is 0. The van der Waals surface area contributed by atoms with Crippen molar-refractivity contribution in [1.82, 2.24) is 4.98 Å². The van der Waals surface area contributed by atoms with E-state index in [1.165, 1.54) is 0 Å². The summed E-state index contributed by atoms with van der Waals surface area (Å²) < 4.78 is 25.2. The van der Waals surface area contributed by atoms with Crippen LogP contribution in [0.1, 0.15) is 5.56 Å². The topological polar surface area (TPSA) is 97.1 Å². The molecule has 0 aliphatic heterocycles. The van der Waals surface area contributed by atoms with Crippen LogP contribution in [0.5, 0.6) is 0 Å². The highest BCUT2D eigenvalue weighted by atomic mass is 32.2. The number of nitrogen functional groups attached to an aromatic ring is 1. The van der Waals surface area contributed by atoms with E-state index in [1.54, 1.807) is 12.1 Å². The number of nitrogens with one attached hydrogen (secondary N) is 2. The van der Waals surface area contributed by atoms with Gasteiger partial charge in [0.15, 0.2) is 0 Å². The van der Waals surface area contributed by atoms with Crippen molar-refractivity contribution in [2.75, 3.05) is 22.0 Å². The highest BCUT2D eigenvalue weighted by Gasteiger charge is 2.12. The van der Waals surface area contributed by atoms with Crippen molar-refractivity contribution in [3.8, 4) is 0 Å². The molecule has 1 aromatic heterocycles. The third kappa shape index (κ3) is 3.44. The molecule has 4 N–H and O–H groups in total. The van der Waals surface area contributed by atoms with Crippen LogP contribution in [0.25, 0.3) is 21.8 Å². The number of benzene rings is 3. The molecule has 0 fully saturated rings. The Morgan fingerprint density at radius 2 is 1.57 bits per heavy atom. The maximum atomic E-state index is 11.4. The van der Waals surface area contributed by atoms with Gasteiger partial charge in [0.05, 0.1) is 23.0 Å². The number of nitrogens with two attached hydrogens (primary N) is 1. The van der Waals surface area contributed by atoms with Gasteiger partial charge in [0, 0.05) is 27.8 Å². The molecule has 3 aromatic carbocycles. The molecule has 4 aromatic rings. The van der Waals surface area contributed by atoms with E-state index >= 15 is 0 Å². The van der Waals surface area contributed by atoms with Crippen LogP contribution in [0.15, 0.2) is 60.7 Å². The van der Waals surface area contributed by atoms with Crippen LogP contribution in [0.2, 0.25) is 0 Å². The number of nitrogens with zero attached hydrogens (tertiary/aromatic N) is 1. The molecule has 28 heavy (non-hydrogen) atoms. The summed E-state index contributed by atoms with van der Waals surface area (Å²) in [6, 6.07) is 18.9. The van der Waals surface area contributed by atoms with Crippen LogP contribution in [0.4, 0.5) is 22.7 Å². The largest absolute Gasteiger partial charge is 0.398 e. The van der Waals surface area contributed by atoms with Gasteiger partial charge >= 0.3 is 0 Å². The molecule has 0 bridgehead atoms. The molecular weight excluding hydrogens is 372 g/mol. The minimum absolute atomic E-state index is 0.515. The van der Waals surface area contributed by atoms with Crippen LogP contribution in [-0.2, 0) is 10.0 Å². The van der Waals surface area contributed by atoms with E-state index in [4.69, 9.17) is 10.7 Å². The lowest BCUT2D eigenvalue weighted by molar-refractivity contribution is 0.607. The van der Waals surface area contributed by atoms with E-state index in [-0.39, 0.29) is 0 Å². The molecule has 0 aliphatic rings. The van der Waals surface area contributed by atoms with Gasteiger partial charge < -0.3 is 11.1 Å². The van der Waals surface area contributed by atoms with E-state index in [0.717, 1.165) is 45.0 Å². The number of aryl methyl sites for hydroxylation is 1. The number of anilines is 4. The van der Waals surface area contributed by atoms with Crippen LogP contribution in [0, 0.1) is 6.92 Å². The highest BCUT2D eigenvalue weighted by Crippen LogP contribution is 2.35. The Bertz CT molecular complexity index is 1300. The van der Waals surface area contributed by atoms with Gasteiger partial charge in [-0.3, -0.25) is 4.72 Å². The summed E-state index contributed by atoms with van der Waals surface area (Å²) in [4.78, 5) is 4.80. The lowest BCUT2D eigenvalue weighted by atomic mass is 10.0. The Balaban J connectivity index is 1.84. The normalized spacial score (nSPS) is 11.6. The molecule has 4 rings (SSSR count). The summed E-state index contributed by atoms with van der Waals surface area (Å²) in [7, 11) is -3.31. The van der Waals surface area contributed by atoms with Crippen molar-refractivity contribution in [2.24, 2.45) is 0 Å². The van der Waals surface area contributed by atoms with Gasteiger partial charge in [-0.2, -0.15) is 0 Å². The second-order valence-corrected chi connectivity index (χ2v) is 8.50. The fourth-order valence-electron chi connectivity index (χ4n) is 3.22. The first-order valence-corrected chi connectivity index (χ1v) is 10.6. The molecule has 0 spiro atoms. The van der Waals surface area contributed by atoms with Gasteiger partial charge in [0.1, 0.15) is 0 Å². The highest BCUT2D eigenvalue weighted by molar-refractivity contribution is 7.92. The zero-order chi connectivity index (χ0) is 19.9. The molecule has 0 radical (unpaired) electrons. The van der Waals surface area contributed by atoms with Crippen molar-refractivity contribution in [1.29, 1.82) is 0 Å². The lowest BCUT2D eigenvalue weighted by Crippen LogP contribution is -2.09.